The van der Waals surface area contributed by atoms with Crippen LogP contribution in [0.3, 0.4) is 0 Å². The van der Waals surface area contributed by atoms with E-state index in [-0.39, 0.29) is 5.92 Å². The van der Waals surface area contributed by atoms with Crippen LogP contribution in [-0.2, 0) is 13.0 Å². The number of benzene rings is 1. The van der Waals surface area contributed by atoms with Crippen LogP contribution in [0.4, 0.5) is 0 Å². The number of ether oxygens (including phenoxy) is 2. The minimum atomic E-state index is -0.0501. The van der Waals surface area contributed by atoms with Gasteiger partial charge in [0.25, 0.3) is 0 Å². The molecule has 104 valence electrons. The highest BCUT2D eigenvalue weighted by atomic mass is 16.6. The second kappa shape index (κ2) is 5.04. The lowest BCUT2D eigenvalue weighted by atomic mass is 10.2. The summed E-state index contributed by atoms with van der Waals surface area (Å²) in [4.78, 5) is 4.64. The van der Waals surface area contributed by atoms with Crippen molar-refractivity contribution in [3.8, 4) is 17.6 Å². The van der Waals surface area contributed by atoms with Crippen molar-refractivity contribution >= 4 is 11.0 Å². The van der Waals surface area contributed by atoms with Crippen molar-refractivity contribution in [2.45, 2.75) is 26.8 Å². The predicted molar refractivity (Wildman–Crippen MR) is 74.9 cm³/mol. The molecule has 3 rings (SSSR count). The molecule has 0 N–H and O–H groups in total. The zero-order valence-electron chi connectivity index (χ0n) is 11.7. The van der Waals surface area contributed by atoms with E-state index < -0.39 is 0 Å². The van der Waals surface area contributed by atoms with Gasteiger partial charge in [-0.15, -0.1) is 0 Å². The molecule has 5 heteroatoms. The molecule has 1 aromatic heterocycles. The minimum absolute atomic E-state index is 0.0501. The van der Waals surface area contributed by atoms with Gasteiger partial charge in [-0.2, -0.15) is 5.26 Å². The van der Waals surface area contributed by atoms with Gasteiger partial charge in [0.2, 0.25) is 0 Å². The zero-order valence-corrected chi connectivity index (χ0v) is 11.7. The van der Waals surface area contributed by atoms with Gasteiger partial charge in [-0.3, -0.25) is 0 Å². The Labute approximate surface area is 117 Å². The quantitative estimate of drug-likeness (QED) is 0.860. The first-order valence-corrected chi connectivity index (χ1v) is 6.91. The maximum atomic E-state index is 9.03. The SMILES string of the molecule is CCc1nc2cc3c(cc2n1CC(C)C#N)OCCO3. The van der Waals surface area contributed by atoms with Crippen molar-refractivity contribution in [1.82, 2.24) is 9.55 Å². The Morgan fingerprint density at radius 3 is 2.70 bits per heavy atom. The topological polar surface area (TPSA) is 60.1 Å². The second-order valence-corrected chi connectivity index (χ2v) is 5.01. The molecule has 0 saturated heterocycles. The van der Waals surface area contributed by atoms with Gasteiger partial charge in [-0.1, -0.05) is 6.92 Å². The van der Waals surface area contributed by atoms with Crippen LogP contribution in [0.15, 0.2) is 12.1 Å². The third-order valence-electron chi connectivity index (χ3n) is 3.48. The summed E-state index contributed by atoms with van der Waals surface area (Å²) in [7, 11) is 0. The first-order chi connectivity index (χ1) is 9.72. The van der Waals surface area contributed by atoms with Gasteiger partial charge < -0.3 is 14.0 Å². The van der Waals surface area contributed by atoms with Gasteiger partial charge in [0.1, 0.15) is 19.0 Å². The Kier molecular flexibility index (Phi) is 3.23. The number of nitriles is 1. The largest absolute Gasteiger partial charge is 0.486 e. The summed E-state index contributed by atoms with van der Waals surface area (Å²) in [6, 6.07) is 6.18. The van der Waals surface area contributed by atoms with Gasteiger partial charge in [0.05, 0.1) is 23.0 Å². The van der Waals surface area contributed by atoms with Gasteiger partial charge in [0, 0.05) is 25.1 Å². The van der Waals surface area contributed by atoms with Gasteiger partial charge in [-0.25, -0.2) is 4.98 Å². The highest BCUT2D eigenvalue weighted by Gasteiger charge is 2.18. The van der Waals surface area contributed by atoms with Crippen LogP contribution in [0, 0.1) is 17.2 Å². The molecule has 1 unspecified atom stereocenters. The molecule has 0 bridgehead atoms. The number of imidazole rings is 1. The number of fused-ring (bicyclic) bond motifs is 2. The molecule has 2 heterocycles. The standard InChI is InChI=1S/C15H17N3O2/c1-3-15-17-11-6-13-14(20-5-4-19-13)7-12(11)18(15)9-10(2)8-16/h6-7,10H,3-5,9H2,1-2H3. The average Bonchev–Trinajstić information content (AvgIpc) is 2.81. The van der Waals surface area contributed by atoms with Crippen LogP contribution >= 0.6 is 0 Å². The van der Waals surface area contributed by atoms with E-state index in [1.165, 1.54) is 0 Å². The number of hydrogen-bond acceptors (Lipinski definition) is 4. The normalized spacial score (nSPS) is 15.1. The number of hydrogen-bond donors (Lipinski definition) is 0. The number of aromatic nitrogens is 2. The molecule has 20 heavy (non-hydrogen) atoms. The molecular weight excluding hydrogens is 254 g/mol. The Morgan fingerprint density at radius 1 is 1.35 bits per heavy atom. The van der Waals surface area contributed by atoms with Gasteiger partial charge in [0.15, 0.2) is 11.5 Å². The molecule has 1 aromatic carbocycles. The van der Waals surface area contributed by atoms with E-state index >= 15 is 0 Å². The summed E-state index contributed by atoms with van der Waals surface area (Å²) in [6.07, 6.45) is 0.833. The van der Waals surface area contributed by atoms with Crippen molar-refractivity contribution in [2.24, 2.45) is 5.92 Å². The highest BCUT2D eigenvalue weighted by molar-refractivity contribution is 5.80. The Morgan fingerprint density at radius 2 is 2.05 bits per heavy atom. The van der Waals surface area contributed by atoms with E-state index in [2.05, 4.69) is 22.5 Å². The summed E-state index contributed by atoms with van der Waals surface area (Å²) in [5.74, 6) is 2.46. The first kappa shape index (κ1) is 12.8. The predicted octanol–water partition coefficient (Wildman–Crippen LogP) is 2.53. The average molecular weight is 271 g/mol. The monoisotopic (exact) mass is 271 g/mol. The molecule has 1 aliphatic rings. The highest BCUT2D eigenvalue weighted by Crippen LogP contribution is 2.35. The van der Waals surface area contributed by atoms with E-state index in [0.29, 0.717) is 19.8 Å². The van der Waals surface area contributed by atoms with Gasteiger partial charge >= 0.3 is 0 Å². The van der Waals surface area contributed by atoms with E-state index in [4.69, 9.17) is 14.7 Å². The van der Waals surface area contributed by atoms with Crippen LogP contribution < -0.4 is 9.47 Å². The van der Waals surface area contributed by atoms with Crippen LogP contribution in [0.2, 0.25) is 0 Å². The van der Waals surface area contributed by atoms with Crippen LogP contribution in [-0.4, -0.2) is 22.8 Å². The molecule has 0 amide bonds. The lowest BCUT2D eigenvalue weighted by Gasteiger charge is -2.18. The number of rotatable bonds is 3. The summed E-state index contributed by atoms with van der Waals surface area (Å²) >= 11 is 0. The molecule has 1 aliphatic heterocycles. The lowest BCUT2D eigenvalue weighted by molar-refractivity contribution is 0.172. The third kappa shape index (κ3) is 2.07. The smallest absolute Gasteiger partial charge is 0.163 e. The van der Waals surface area contributed by atoms with Crippen molar-refractivity contribution < 1.29 is 9.47 Å². The fourth-order valence-electron chi connectivity index (χ4n) is 2.50. The lowest BCUT2D eigenvalue weighted by Crippen LogP contribution is -2.15. The summed E-state index contributed by atoms with van der Waals surface area (Å²) in [6.45, 7) is 5.79. The van der Waals surface area contributed by atoms with Crippen LogP contribution in [0.5, 0.6) is 11.5 Å². The summed E-state index contributed by atoms with van der Waals surface area (Å²) in [5.41, 5.74) is 1.91. The van der Waals surface area contributed by atoms with E-state index in [1.807, 2.05) is 19.1 Å². The fourth-order valence-corrected chi connectivity index (χ4v) is 2.50. The number of nitrogens with zero attached hydrogens (tertiary/aromatic N) is 3. The molecule has 0 saturated carbocycles. The Balaban J connectivity index is 2.14. The molecule has 0 aliphatic carbocycles. The van der Waals surface area contributed by atoms with Crippen molar-refractivity contribution in [2.75, 3.05) is 13.2 Å². The van der Waals surface area contributed by atoms with E-state index in [9.17, 15) is 0 Å². The van der Waals surface area contributed by atoms with E-state index in [0.717, 1.165) is 34.8 Å². The number of aryl methyl sites for hydroxylation is 1. The Bertz CT molecular complexity index is 684. The van der Waals surface area contributed by atoms with Crippen LogP contribution in [0.25, 0.3) is 11.0 Å². The molecule has 0 fully saturated rings. The first-order valence-electron chi connectivity index (χ1n) is 6.91. The minimum Gasteiger partial charge on any atom is -0.486 e. The molecular formula is C15H17N3O2. The molecule has 1 atom stereocenters. The maximum absolute atomic E-state index is 9.03. The zero-order chi connectivity index (χ0) is 14.1. The summed E-state index contributed by atoms with van der Waals surface area (Å²) in [5, 5.41) is 9.03. The molecule has 2 aromatic rings. The van der Waals surface area contributed by atoms with Crippen LogP contribution in [0.1, 0.15) is 19.7 Å². The van der Waals surface area contributed by atoms with Crippen molar-refractivity contribution in [1.29, 1.82) is 5.26 Å². The second-order valence-electron chi connectivity index (χ2n) is 5.01. The third-order valence-corrected chi connectivity index (χ3v) is 3.48. The van der Waals surface area contributed by atoms with Crippen molar-refractivity contribution in [3.05, 3.63) is 18.0 Å². The maximum Gasteiger partial charge on any atom is 0.163 e. The molecule has 0 spiro atoms. The molecule has 0 radical (unpaired) electrons. The molecule has 5 nitrogen and oxygen atoms in total. The van der Waals surface area contributed by atoms with Gasteiger partial charge in [-0.05, 0) is 6.92 Å². The van der Waals surface area contributed by atoms with E-state index in [1.54, 1.807) is 0 Å². The Hall–Kier alpha value is -2.22. The fraction of sp³-hybridized carbons (Fsp3) is 0.467. The summed E-state index contributed by atoms with van der Waals surface area (Å²) < 4.78 is 13.3. The van der Waals surface area contributed by atoms with Crippen molar-refractivity contribution in [3.63, 3.8) is 0 Å².